The third kappa shape index (κ3) is 8.80. The van der Waals surface area contributed by atoms with Crippen molar-refractivity contribution in [2.75, 3.05) is 0 Å². The molecule has 0 heterocycles. The predicted molar refractivity (Wildman–Crippen MR) is 212 cm³/mol. The molecule has 0 saturated carbocycles. The third-order valence-corrected chi connectivity index (χ3v) is 10.2. The van der Waals surface area contributed by atoms with Crippen LogP contribution < -0.4 is 18.9 Å². The normalized spacial score (nSPS) is 11.5. The molecule has 8 heteroatoms. The van der Waals surface area contributed by atoms with Gasteiger partial charge < -0.3 is 18.9 Å². The maximum Gasteiger partial charge on any atom is 0.311 e. The third-order valence-electron chi connectivity index (χ3n) is 10.2. The molecule has 4 aromatic carbocycles. The molecule has 0 spiro atoms. The van der Waals surface area contributed by atoms with Crippen LogP contribution in [0.25, 0.3) is 21.5 Å². The molecule has 5 rings (SSSR count). The van der Waals surface area contributed by atoms with Gasteiger partial charge in [-0.3, -0.25) is 19.2 Å². The first-order valence-electron chi connectivity index (χ1n) is 20.2. The highest BCUT2D eigenvalue weighted by molar-refractivity contribution is 6.02. The van der Waals surface area contributed by atoms with E-state index >= 15 is 0 Å². The average Bonchev–Trinajstić information content (AvgIpc) is 3.12. The number of hydrogen-bond acceptors (Lipinski definition) is 8. The zero-order valence-corrected chi connectivity index (χ0v) is 33.0. The van der Waals surface area contributed by atoms with Gasteiger partial charge in [-0.1, -0.05) is 115 Å². The molecule has 0 aromatic heterocycles. The lowest BCUT2D eigenvalue weighted by Gasteiger charge is -2.23. The first-order valence-corrected chi connectivity index (χ1v) is 20.2. The molecule has 0 bridgehead atoms. The zero-order chi connectivity index (χ0) is 38.8. The molecule has 0 radical (unpaired) electrons. The van der Waals surface area contributed by atoms with Crippen LogP contribution in [-0.2, 0) is 19.2 Å². The van der Waals surface area contributed by atoms with E-state index in [1.807, 2.05) is 50.2 Å². The molecular weight excluding hydrogens is 680 g/mol. The summed E-state index contributed by atoms with van der Waals surface area (Å²) in [6, 6.07) is 11.3. The summed E-state index contributed by atoms with van der Waals surface area (Å²) < 4.78 is 25.4. The van der Waals surface area contributed by atoms with Crippen molar-refractivity contribution in [2.45, 2.75) is 144 Å². The second kappa shape index (κ2) is 19.0. The van der Waals surface area contributed by atoms with Gasteiger partial charge in [0.1, 0.15) is 23.0 Å². The monoisotopic (exact) mass is 736 g/mol. The second-order valence-electron chi connectivity index (χ2n) is 14.5. The maximum absolute atomic E-state index is 13.6. The highest BCUT2D eigenvalue weighted by atomic mass is 16.6. The van der Waals surface area contributed by atoms with Crippen LogP contribution in [0.5, 0.6) is 23.0 Å². The van der Waals surface area contributed by atoms with E-state index in [2.05, 4.69) is 27.7 Å². The molecule has 0 atom stereocenters. The second-order valence-corrected chi connectivity index (χ2v) is 14.5. The molecule has 4 aromatic rings. The topological polar surface area (TPSA) is 105 Å². The Morgan fingerprint density at radius 3 is 0.981 bits per heavy atom. The number of rotatable bonds is 20. The van der Waals surface area contributed by atoms with Crippen LogP contribution in [0.4, 0.5) is 0 Å². The van der Waals surface area contributed by atoms with E-state index in [0.717, 1.165) is 62.5 Å². The van der Waals surface area contributed by atoms with Crippen LogP contribution in [0.1, 0.15) is 142 Å². The summed E-state index contributed by atoms with van der Waals surface area (Å²) in [5, 5.41) is 4.44. The Morgan fingerprint density at radius 1 is 0.407 bits per heavy atom. The number of carbonyl (C=O) groups excluding carboxylic acids is 4. The first kappa shape index (κ1) is 40.5. The highest BCUT2D eigenvalue weighted by Gasteiger charge is 2.31. The Bertz CT molecular complexity index is 2080. The fourth-order valence-corrected chi connectivity index (χ4v) is 7.33. The summed E-state index contributed by atoms with van der Waals surface area (Å²) in [5.41, 5.74) is 1.64. The lowest BCUT2D eigenvalue weighted by Crippen LogP contribution is -2.16. The van der Waals surface area contributed by atoms with E-state index < -0.39 is 0 Å². The minimum Gasteiger partial charge on any atom is -0.425 e. The lowest BCUT2D eigenvalue weighted by molar-refractivity contribution is -0.135. The molecule has 0 amide bonds. The van der Waals surface area contributed by atoms with Crippen molar-refractivity contribution in [3.63, 3.8) is 0 Å². The van der Waals surface area contributed by atoms with E-state index in [1.54, 1.807) is 0 Å². The minimum absolute atomic E-state index is 0.230. The number of carbonyl (C=O) groups is 4. The van der Waals surface area contributed by atoms with Gasteiger partial charge in [-0.15, -0.1) is 0 Å². The summed E-state index contributed by atoms with van der Waals surface area (Å²) in [7, 11) is 0. The maximum atomic E-state index is 13.6. The largest absolute Gasteiger partial charge is 0.425 e. The number of esters is 4. The molecule has 0 unspecified atom stereocenters. The van der Waals surface area contributed by atoms with Gasteiger partial charge in [-0.25, -0.2) is 0 Å². The number of benzene rings is 4. The molecule has 0 N–H and O–H groups in total. The van der Waals surface area contributed by atoms with Gasteiger partial charge in [0.25, 0.3) is 0 Å². The number of aryl methyl sites for hydroxylation is 2. The van der Waals surface area contributed by atoms with E-state index in [9.17, 15) is 19.2 Å². The highest BCUT2D eigenvalue weighted by Crippen LogP contribution is 2.48. The van der Waals surface area contributed by atoms with Crippen molar-refractivity contribution in [2.24, 2.45) is 0 Å². The summed E-state index contributed by atoms with van der Waals surface area (Å²) in [6.45, 7) is 12.2. The zero-order valence-electron chi connectivity index (χ0n) is 33.0. The number of ether oxygens (including phenoxy) is 4. The number of fused-ring (bicyclic) bond motifs is 4. The number of unbranched alkanes of at least 4 members (excludes halogenated alkanes) is 8. The van der Waals surface area contributed by atoms with Crippen molar-refractivity contribution in [3.8, 4) is 23.0 Å². The predicted octanol–water partition coefficient (Wildman–Crippen LogP) is 11.4. The summed E-state index contributed by atoms with van der Waals surface area (Å²) >= 11 is 0. The Hall–Kier alpha value is -4.72. The summed E-state index contributed by atoms with van der Waals surface area (Å²) in [6.07, 6.45) is 11.0. The van der Waals surface area contributed by atoms with Crippen LogP contribution in [0, 0.1) is 34.7 Å². The van der Waals surface area contributed by atoms with Crippen molar-refractivity contribution in [1.82, 2.24) is 0 Å². The standard InChI is InChI=1S/C46H56O8/c1-7-11-15-25-33(47)51-43-31-23-19-21-29(5)37(31)45(53-35(49)27-17-13-9-3)41-39(43)40-42(41)46(54-36(50)28-18-14-10-4)38-30(6)22-20-24-32(38)44(40)52-34(48)26-16-12-8-2/h19-24H,7-18,25-28H2,1-6H3. The molecule has 1 aliphatic rings. The van der Waals surface area contributed by atoms with Crippen LogP contribution in [-0.4, -0.2) is 23.9 Å². The smallest absolute Gasteiger partial charge is 0.311 e. The van der Waals surface area contributed by atoms with Gasteiger partial charge in [0.05, 0.1) is 0 Å². The average molecular weight is 737 g/mol. The Labute approximate surface area is 318 Å². The van der Waals surface area contributed by atoms with Crippen LogP contribution in [0.15, 0.2) is 36.4 Å². The van der Waals surface area contributed by atoms with Crippen LogP contribution in [0.3, 0.4) is 0 Å². The quantitative estimate of drug-likeness (QED) is 0.0442. The molecular formula is C46H56O8. The van der Waals surface area contributed by atoms with E-state index in [1.165, 1.54) is 0 Å². The molecule has 1 aliphatic carbocycles. The van der Waals surface area contributed by atoms with Crippen LogP contribution in [0.2, 0.25) is 0 Å². The molecule has 8 nitrogen and oxygen atoms in total. The fraction of sp³-hybridized carbons (Fsp3) is 0.478. The van der Waals surface area contributed by atoms with Crippen molar-refractivity contribution < 1.29 is 38.1 Å². The lowest BCUT2D eigenvalue weighted by atomic mass is 9.89. The van der Waals surface area contributed by atoms with E-state index in [4.69, 9.17) is 18.9 Å². The molecule has 0 fully saturated rings. The Balaban J connectivity index is 1.94. The first-order chi connectivity index (χ1) is 26.2. The minimum atomic E-state index is -0.386. The van der Waals surface area contributed by atoms with Gasteiger partial charge in [0.15, 0.2) is 0 Å². The summed E-state index contributed by atoms with van der Waals surface area (Å²) in [5.74, 6) is -0.301. The Kier molecular flexibility index (Phi) is 14.3. The van der Waals surface area contributed by atoms with Crippen molar-refractivity contribution >= 4 is 45.4 Å². The van der Waals surface area contributed by atoms with Gasteiger partial charge in [0, 0.05) is 68.1 Å². The molecule has 288 valence electrons. The SMILES string of the molecule is CCCCCC(=O)Oc1c2c(c(OC(=O)CCCCC)c3c(C)cccc13)=c1c(OC(=O)CCCCC)c3c(C)cccc3c(OC(=O)CCCCC)c1=2. The van der Waals surface area contributed by atoms with Gasteiger partial charge in [-0.05, 0) is 50.7 Å². The van der Waals surface area contributed by atoms with E-state index in [0.29, 0.717) is 91.1 Å². The van der Waals surface area contributed by atoms with Crippen LogP contribution >= 0.6 is 0 Å². The fourth-order valence-electron chi connectivity index (χ4n) is 7.33. The van der Waals surface area contributed by atoms with E-state index in [-0.39, 0.29) is 49.6 Å². The molecule has 0 aliphatic heterocycles. The van der Waals surface area contributed by atoms with Gasteiger partial charge in [-0.2, -0.15) is 0 Å². The van der Waals surface area contributed by atoms with Gasteiger partial charge >= 0.3 is 23.9 Å². The Morgan fingerprint density at radius 2 is 0.685 bits per heavy atom. The van der Waals surface area contributed by atoms with Crippen molar-refractivity contribution in [3.05, 3.63) is 68.4 Å². The van der Waals surface area contributed by atoms with Gasteiger partial charge in [0.2, 0.25) is 0 Å². The molecule has 0 saturated heterocycles. The number of hydrogen-bond donors (Lipinski definition) is 0. The molecule has 54 heavy (non-hydrogen) atoms. The summed E-state index contributed by atoms with van der Waals surface area (Å²) in [4.78, 5) is 54.3. The van der Waals surface area contributed by atoms with Crippen molar-refractivity contribution in [1.29, 1.82) is 0 Å².